The number of hydrogen-bond donors (Lipinski definition) is 0. The third kappa shape index (κ3) is 5.15. The van der Waals surface area contributed by atoms with Crippen molar-refractivity contribution in [3.05, 3.63) is 188 Å². The first kappa shape index (κ1) is 26.7. The summed E-state index contributed by atoms with van der Waals surface area (Å²) in [6.45, 7) is 0. The maximum Gasteiger partial charge on any atom is 0.0546 e. The van der Waals surface area contributed by atoms with Crippen LogP contribution < -0.4 is 4.90 Å². The summed E-state index contributed by atoms with van der Waals surface area (Å²) in [5.41, 5.74) is 10.6. The van der Waals surface area contributed by atoms with Gasteiger partial charge in [-0.15, -0.1) is 0 Å². The van der Waals surface area contributed by atoms with Crippen LogP contribution in [0.2, 0.25) is 0 Å². The second-order valence-electron chi connectivity index (χ2n) is 11.4. The van der Waals surface area contributed by atoms with Crippen LogP contribution in [0.1, 0.15) is 0 Å². The molecule has 0 aliphatic rings. The van der Waals surface area contributed by atoms with Crippen LogP contribution >= 0.6 is 0 Å². The van der Waals surface area contributed by atoms with E-state index in [1.165, 1.54) is 54.9 Å². The van der Waals surface area contributed by atoms with Gasteiger partial charge in [0, 0.05) is 16.9 Å². The van der Waals surface area contributed by atoms with Crippen molar-refractivity contribution in [3.63, 3.8) is 0 Å². The van der Waals surface area contributed by atoms with Gasteiger partial charge >= 0.3 is 0 Å². The number of anilines is 3. The third-order valence-corrected chi connectivity index (χ3v) is 8.65. The van der Waals surface area contributed by atoms with E-state index in [1.807, 2.05) is 0 Å². The van der Waals surface area contributed by atoms with E-state index in [0.29, 0.717) is 0 Å². The molecular formula is C44H31N. The highest BCUT2D eigenvalue weighted by Gasteiger charge is 2.20. The molecule has 0 aromatic heterocycles. The lowest BCUT2D eigenvalue weighted by Crippen LogP contribution is -2.11. The minimum atomic E-state index is 1.11. The molecule has 8 aromatic rings. The normalized spacial score (nSPS) is 11.1. The fourth-order valence-electron chi connectivity index (χ4n) is 6.38. The second-order valence-corrected chi connectivity index (χ2v) is 11.4. The summed E-state index contributed by atoms with van der Waals surface area (Å²) in [4.78, 5) is 2.41. The zero-order valence-corrected chi connectivity index (χ0v) is 24.8. The average molecular weight is 574 g/mol. The minimum Gasteiger partial charge on any atom is -0.310 e. The Kier molecular flexibility index (Phi) is 6.90. The molecule has 0 unspecified atom stereocenters. The molecule has 0 saturated carbocycles. The number of nitrogens with zero attached hydrogens (tertiary/aromatic N) is 1. The summed E-state index contributed by atoms with van der Waals surface area (Å²) < 4.78 is 0. The Labute approximate surface area is 264 Å². The predicted octanol–water partition coefficient (Wildman–Crippen LogP) is 12.5. The lowest BCUT2D eigenvalue weighted by atomic mass is 9.93. The third-order valence-electron chi connectivity index (χ3n) is 8.65. The summed E-state index contributed by atoms with van der Waals surface area (Å²) in [6, 6.07) is 67.7. The Balaban J connectivity index is 1.36. The molecule has 0 bridgehead atoms. The van der Waals surface area contributed by atoms with Crippen molar-refractivity contribution >= 4 is 38.6 Å². The van der Waals surface area contributed by atoms with Crippen LogP contribution in [0, 0.1) is 0 Å². The van der Waals surface area contributed by atoms with Crippen LogP contribution in [0.25, 0.3) is 54.9 Å². The molecule has 0 fully saturated rings. The number of fused-ring (bicyclic) bond motifs is 2. The smallest absolute Gasteiger partial charge is 0.0546 e. The van der Waals surface area contributed by atoms with Crippen LogP contribution in [-0.4, -0.2) is 0 Å². The van der Waals surface area contributed by atoms with Crippen molar-refractivity contribution < 1.29 is 0 Å². The van der Waals surface area contributed by atoms with Crippen LogP contribution in [0.3, 0.4) is 0 Å². The molecule has 8 rings (SSSR count). The molecule has 45 heavy (non-hydrogen) atoms. The van der Waals surface area contributed by atoms with Crippen LogP contribution in [0.15, 0.2) is 188 Å². The van der Waals surface area contributed by atoms with Gasteiger partial charge in [-0.1, -0.05) is 152 Å². The highest BCUT2D eigenvalue weighted by Crippen LogP contribution is 2.45. The molecule has 0 heterocycles. The number of benzene rings is 8. The monoisotopic (exact) mass is 573 g/mol. The lowest BCUT2D eigenvalue weighted by Gasteiger charge is -2.29. The molecule has 8 aromatic carbocycles. The Hall–Kier alpha value is -5.92. The zero-order valence-electron chi connectivity index (χ0n) is 24.8. The van der Waals surface area contributed by atoms with Gasteiger partial charge in [-0.2, -0.15) is 0 Å². The molecular weight excluding hydrogens is 542 g/mol. The van der Waals surface area contributed by atoms with Crippen molar-refractivity contribution in [2.75, 3.05) is 4.90 Å². The molecule has 0 aliphatic heterocycles. The first-order valence-corrected chi connectivity index (χ1v) is 15.4. The van der Waals surface area contributed by atoms with E-state index < -0.39 is 0 Å². The summed E-state index contributed by atoms with van der Waals surface area (Å²) in [5, 5.41) is 4.92. The Morgan fingerprint density at radius 2 is 0.733 bits per heavy atom. The minimum absolute atomic E-state index is 1.11. The van der Waals surface area contributed by atoms with E-state index in [-0.39, 0.29) is 0 Å². The van der Waals surface area contributed by atoms with Crippen molar-refractivity contribution in [2.45, 2.75) is 0 Å². The zero-order chi connectivity index (χ0) is 30.0. The van der Waals surface area contributed by atoms with Crippen molar-refractivity contribution in [1.29, 1.82) is 0 Å². The van der Waals surface area contributed by atoms with E-state index in [2.05, 4.69) is 193 Å². The Morgan fingerprint density at radius 3 is 1.31 bits per heavy atom. The Bertz CT molecular complexity index is 2150. The second kappa shape index (κ2) is 11.6. The van der Waals surface area contributed by atoms with Gasteiger partial charge in [-0.05, 0) is 85.8 Å². The van der Waals surface area contributed by atoms with Crippen molar-refractivity contribution in [2.24, 2.45) is 0 Å². The van der Waals surface area contributed by atoms with Gasteiger partial charge in [-0.3, -0.25) is 0 Å². The number of hydrogen-bond acceptors (Lipinski definition) is 1. The van der Waals surface area contributed by atoms with Crippen LogP contribution in [-0.2, 0) is 0 Å². The molecule has 0 aliphatic carbocycles. The Morgan fingerprint density at radius 1 is 0.289 bits per heavy atom. The molecule has 0 saturated heterocycles. The van der Waals surface area contributed by atoms with Crippen LogP contribution in [0.4, 0.5) is 17.1 Å². The van der Waals surface area contributed by atoms with Gasteiger partial charge in [-0.25, -0.2) is 0 Å². The maximum atomic E-state index is 2.41. The van der Waals surface area contributed by atoms with Gasteiger partial charge in [0.1, 0.15) is 0 Å². The summed E-state index contributed by atoms with van der Waals surface area (Å²) >= 11 is 0. The summed E-state index contributed by atoms with van der Waals surface area (Å²) in [7, 11) is 0. The van der Waals surface area contributed by atoms with E-state index in [4.69, 9.17) is 0 Å². The van der Waals surface area contributed by atoms with E-state index in [9.17, 15) is 0 Å². The van der Waals surface area contributed by atoms with E-state index in [0.717, 1.165) is 17.1 Å². The van der Waals surface area contributed by atoms with Gasteiger partial charge in [0.25, 0.3) is 0 Å². The number of rotatable bonds is 6. The molecule has 1 heteroatoms. The molecule has 1 nitrogen and oxygen atoms in total. The standard InChI is InChI=1S/C44H31N/c1-3-12-32(13-4-1)34-22-26-39(27-23-34)45(40-28-24-35(25-29-40)33-14-5-2-6-15-33)44-31-38-18-8-7-17-37(38)30-43(44)42-21-11-19-36-16-9-10-20-41(36)42/h1-31H. The first-order chi connectivity index (χ1) is 22.3. The molecule has 0 N–H and O–H groups in total. The van der Waals surface area contributed by atoms with Gasteiger partial charge in [0.2, 0.25) is 0 Å². The fourth-order valence-corrected chi connectivity index (χ4v) is 6.38. The lowest BCUT2D eigenvalue weighted by molar-refractivity contribution is 1.29. The first-order valence-electron chi connectivity index (χ1n) is 15.4. The molecule has 0 atom stereocenters. The van der Waals surface area contributed by atoms with Gasteiger partial charge in [0.15, 0.2) is 0 Å². The quantitative estimate of drug-likeness (QED) is 0.191. The van der Waals surface area contributed by atoms with Gasteiger partial charge in [0.05, 0.1) is 5.69 Å². The van der Waals surface area contributed by atoms with Gasteiger partial charge < -0.3 is 4.90 Å². The molecule has 0 radical (unpaired) electrons. The van der Waals surface area contributed by atoms with E-state index >= 15 is 0 Å². The topological polar surface area (TPSA) is 3.24 Å². The van der Waals surface area contributed by atoms with Crippen molar-refractivity contribution in [1.82, 2.24) is 0 Å². The summed E-state index contributed by atoms with van der Waals surface area (Å²) in [5.74, 6) is 0. The predicted molar refractivity (Wildman–Crippen MR) is 192 cm³/mol. The molecule has 0 spiro atoms. The largest absolute Gasteiger partial charge is 0.310 e. The summed E-state index contributed by atoms with van der Waals surface area (Å²) in [6.07, 6.45) is 0. The fraction of sp³-hybridized carbons (Fsp3) is 0. The van der Waals surface area contributed by atoms with Crippen molar-refractivity contribution in [3.8, 4) is 33.4 Å². The van der Waals surface area contributed by atoms with E-state index in [1.54, 1.807) is 0 Å². The molecule has 0 amide bonds. The maximum absolute atomic E-state index is 2.41. The highest BCUT2D eigenvalue weighted by molar-refractivity contribution is 6.05. The SMILES string of the molecule is c1ccc(-c2ccc(N(c3ccc(-c4ccccc4)cc3)c3cc4ccccc4cc3-c3cccc4ccccc34)cc2)cc1. The highest BCUT2D eigenvalue weighted by atomic mass is 15.1. The average Bonchev–Trinajstić information content (AvgIpc) is 3.12. The molecule has 212 valence electrons. The van der Waals surface area contributed by atoms with Crippen LogP contribution in [0.5, 0.6) is 0 Å².